The van der Waals surface area contributed by atoms with Gasteiger partial charge in [0.2, 0.25) is 5.91 Å². The summed E-state index contributed by atoms with van der Waals surface area (Å²) in [6.07, 6.45) is 3.74. The van der Waals surface area contributed by atoms with E-state index in [9.17, 15) is 9.59 Å². The van der Waals surface area contributed by atoms with E-state index in [2.05, 4.69) is 21.4 Å². The molecule has 1 aliphatic rings. The Kier molecular flexibility index (Phi) is 5.26. The van der Waals surface area contributed by atoms with E-state index in [1.54, 1.807) is 16.3 Å². The van der Waals surface area contributed by atoms with E-state index in [4.69, 9.17) is 0 Å². The fourth-order valence-corrected chi connectivity index (χ4v) is 5.02. The Labute approximate surface area is 167 Å². The van der Waals surface area contributed by atoms with Crippen LogP contribution in [0.4, 0.5) is 0 Å². The highest BCUT2D eigenvalue weighted by Crippen LogP contribution is 2.32. The molecule has 0 bridgehead atoms. The Morgan fingerprint density at radius 1 is 1.39 bits per heavy atom. The Bertz CT molecular complexity index is 1090. The first kappa shape index (κ1) is 18.8. The number of fused-ring (bicyclic) bond motifs is 2. The molecular weight excluding hydrogens is 372 g/mol. The van der Waals surface area contributed by atoms with Gasteiger partial charge in [-0.15, -0.1) is 0 Å². The summed E-state index contributed by atoms with van der Waals surface area (Å²) in [4.78, 5) is 33.1. The number of carbonyl (C=O) groups excluding carboxylic acids is 1. The fourth-order valence-electron chi connectivity index (χ4n) is 3.84. The molecule has 0 aliphatic carbocycles. The number of para-hydroxylation sites is 1. The lowest BCUT2D eigenvalue weighted by Gasteiger charge is -2.15. The van der Waals surface area contributed by atoms with Crippen LogP contribution in [0, 0.1) is 6.92 Å². The molecule has 1 amide bonds. The van der Waals surface area contributed by atoms with Crippen LogP contribution < -0.4 is 10.9 Å². The molecule has 6 nitrogen and oxygen atoms in total. The lowest BCUT2D eigenvalue weighted by Crippen LogP contribution is -2.33. The second-order valence-corrected chi connectivity index (χ2v) is 8.10. The monoisotopic (exact) mass is 396 g/mol. The van der Waals surface area contributed by atoms with E-state index >= 15 is 0 Å². The van der Waals surface area contributed by atoms with Crippen molar-refractivity contribution in [3.63, 3.8) is 0 Å². The van der Waals surface area contributed by atoms with E-state index in [-0.39, 0.29) is 17.5 Å². The van der Waals surface area contributed by atoms with Gasteiger partial charge in [0.15, 0.2) is 5.16 Å². The third kappa shape index (κ3) is 3.46. The number of aromatic nitrogens is 3. The van der Waals surface area contributed by atoms with E-state index in [1.165, 1.54) is 10.9 Å². The van der Waals surface area contributed by atoms with Crippen LogP contribution in [-0.4, -0.2) is 32.7 Å². The van der Waals surface area contributed by atoms with Crippen molar-refractivity contribution in [3.05, 3.63) is 57.6 Å². The molecule has 3 aromatic rings. The second kappa shape index (κ2) is 7.83. The normalized spacial score (nSPS) is 15.7. The molecule has 4 rings (SSSR count). The molecule has 1 unspecified atom stereocenters. The molecule has 0 spiro atoms. The molecule has 2 N–H and O–H groups in total. The van der Waals surface area contributed by atoms with E-state index in [0.29, 0.717) is 25.1 Å². The van der Waals surface area contributed by atoms with Crippen LogP contribution in [0.25, 0.3) is 10.9 Å². The molecule has 28 heavy (non-hydrogen) atoms. The molecule has 0 fully saturated rings. The Balaban J connectivity index is 1.39. The molecule has 1 aliphatic heterocycles. The molecule has 2 aromatic heterocycles. The molecule has 1 aromatic carbocycles. The lowest BCUT2D eigenvalue weighted by molar-refractivity contribution is -0.121. The summed E-state index contributed by atoms with van der Waals surface area (Å²) in [5.41, 5.74) is 3.86. The average Bonchev–Trinajstić information content (AvgIpc) is 3.27. The number of hydrogen-bond acceptors (Lipinski definition) is 4. The number of rotatable bonds is 6. The van der Waals surface area contributed by atoms with Crippen molar-refractivity contribution in [2.75, 3.05) is 12.3 Å². The maximum Gasteiger partial charge on any atom is 0.257 e. The van der Waals surface area contributed by atoms with Crippen LogP contribution in [0.3, 0.4) is 0 Å². The number of amides is 1. The van der Waals surface area contributed by atoms with Crippen molar-refractivity contribution in [3.8, 4) is 0 Å². The zero-order valence-corrected chi connectivity index (χ0v) is 16.9. The maximum atomic E-state index is 12.8. The lowest BCUT2D eigenvalue weighted by atomic mass is 10.1. The van der Waals surface area contributed by atoms with Crippen molar-refractivity contribution < 1.29 is 4.79 Å². The summed E-state index contributed by atoms with van der Waals surface area (Å²) >= 11 is 1.56. The van der Waals surface area contributed by atoms with Crippen LogP contribution in [-0.2, 0) is 17.6 Å². The maximum absolute atomic E-state index is 12.8. The molecular formula is C21H24N4O2S. The molecule has 0 radical (unpaired) electrons. The highest BCUT2D eigenvalue weighted by molar-refractivity contribution is 7.99. The summed E-state index contributed by atoms with van der Waals surface area (Å²) in [5, 5.41) is 4.93. The number of H-pyrrole nitrogens is 1. The van der Waals surface area contributed by atoms with Crippen LogP contribution in [0.15, 0.2) is 40.4 Å². The largest absolute Gasteiger partial charge is 0.361 e. The molecule has 3 heterocycles. The fraction of sp³-hybridized carbons (Fsp3) is 0.381. The van der Waals surface area contributed by atoms with Crippen molar-refractivity contribution in [1.82, 2.24) is 19.9 Å². The minimum atomic E-state index is -0.126. The predicted molar refractivity (Wildman–Crippen MR) is 112 cm³/mol. The standard InChI is InChI=1S/C21H24N4O2S/c1-3-16-13(2)24-21-25(20(16)27)15(12-28-21)10-19(26)22-9-8-14-11-23-18-7-5-4-6-17(14)18/h4-7,11,15,23H,3,8-10,12H2,1-2H3,(H,22,26). The van der Waals surface area contributed by atoms with Gasteiger partial charge >= 0.3 is 0 Å². The zero-order valence-electron chi connectivity index (χ0n) is 16.1. The van der Waals surface area contributed by atoms with E-state index in [1.807, 2.05) is 38.2 Å². The number of nitrogens with zero attached hydrogens (tertiary/aromatic N) is 2. The van der Waals surface area contributed by atoms with Gasteiger partial charge in [-0.05, 0) is 31.4 Å². The summed E-state index contributed by atoms with van der Waals surface area (Å²) in [6, 6.07) is 8.03. The van der Waals surface area contributed by atoms with Gasteiger partial charge in [-0.2, -0.15) is 0 Å². The Morgan fingerprint density at radius 3 is 3.04 bits per heavy atom. The number of thioether (sulfide) groups is 1. The van der Waals surface area contributed by atoms with E-state index < -0.39 is 0 Å². The highest BCUT2D eigenvalue weighted by Gasteiger charge is 2.28. The Hall–Kier alpha value is -2.54. The van der Waals surface area contributed by atoms with Crippen LogP contribution >= 0.6 is 11.8 Å². The average molecular weight is 397 g/mol. The predicted octanol–water partition coefficient (Wildman–Crippen LogP) is 2.99. The van der Waals surface area contributed by atoms with Crippen molar-refractivity contribution in [2.45, 2.75) is 44.3 Å². The summed E-state index contributed by atoms with van der Waals surface area (Å²) in [7, 11) is 0. The molecule has 146 valence electrons. The summed E-state index contributed by atoms with van der Waals surface area (Å²) < 4.78 is 1.72. The third-order valence-corrected chi connectivity index (χ3v) is 6.42. The smallest absolute Gasteiger partial charge is 0.257 e. The first-order chi connectivity index (χ1) is 13.6. The van der Waals surface area contributed by atoms with Gasteiger partial charge in [-0.25, -0.2) is 4.98 Å². The second-order valence-electron chi connectivity index (χ2n) is 7.12. The summed E-state index contributed by atoms with van der Waals surface area (Å²) in [5.74, 6) is 0.689. The molecule has 0 saturated heterocycles. The van der Waals surface area contributed by atoms with Crippen LogP contribution in [0.2, 0.25) is 0 Å². The van der Waals surface area contributed by atoms with Crippen LogP contribution in [0.5, 0.6) is 0 Å². The van der Waals surface area contributed by atoms with Gasteiger partial charge in [0, 0.05) is 47.1 Å². The zero-order chi connectivity index (χ0) is 19.7. The Morgan fingerprint density at radius 2 is 2.21 bits per heavy atom. The van der Waals surface area contributed by atoms with Crippen LogP contribution in [0.1, 0.15) is 36.2 Å². The van der Waals surface area contributed by atoms with Gasteiger partial charge in [-0.1, -0.05) is 36.9 Å². The van der Waals surface area contributed by atoms with Crippen molar-refractivity contribution in [2.24, 2.45) is 0 Å². The topological polar surface area (TPSA) is 79.8 Å². The SMILES string of the molecule is CCc1c(C)nc2n(c1=O)C(CC(=O)NCCc1c[nH]c3ccccc13)CS2. The van der Waals surface area contributed by atoms with Gasteiger partial charge in [0.1, 0.15) is 0 Å². The first-order valence-electron chi connectivity index (χ1n) is 9.65. The van der Waals surface area contributed by atoms with Crippen molar-refractivity contribution >= 4 is 28.6 Å². The first-order valence-corrected chi connectivity index (χ1v) is 10.6. The number of carbonyl (C=O) groups is 1. The molecule has 7 heteroatoms. The number of aryl methyl sites for hydroxylation is 1. The van der Waals surface area contributed by atoms with Gasteiger partial charge < -0.3 is 10.3 Å². The molecule has 0 saturated carbocycles. The molecule has 1 atom stereocenters. The number of hydrogen-bond donors (Lipinski definition) is 2. The highest BCUT2D eigenvalue weighted by atomic mass is 32.2. The van der Waals surface area contributed by atoms with Gasteiger partial charge in [-0.3, -0.25) is 14.2 Å². The minimum absolute atomic E-state index is 0.00610. The van der Waals surface area contributed by atoms with Gasteiger partial charge in [0.05, 0.1) is 6.04 Å². The minimum Gasteiger partial charge on any atom is -0.361 e. The number of benzene rings is 1. The number of nitrogens with one attached hydrogen (secondary N) is 2. The quantitative estimate of drug-likeness (QED) is 0.628. The number of aromatic amines is 1. The third-order valence-electron chi connectivity index (χ3n) is 5.32. The van der Waals surface area contributed by atoms with Crippen molar-refractivity contribution in [1.29, 1.82) is 0 Å². The summed E-state index contributed by atoms with van der Waals surface area (Å²) in [6.45, 7) is 4.42. The van der Waals surface area contributed by atoms with Gasteiger partial charge in [0.25, 0.3) is 5.56 Å². The van der Waals surface area contributed by atoms with E-state index in [0.717, 1.165) is 28.4 Å².